The highest BCUT2D eigenvalue weighted by Crippen LogP contribution is 2.38. The van der Waals surface area contributed by atoms with E-state index in [0.29, 0.717) is 5.92 Å². The Hall–Kier alpha value is -1.02. The smallest absolute Gasteiger partial charge is 0.128 e. The second kappa shape index (κ2) is 6.95. The predicted octanol–water partition coefficient (Wildman–Crippen LogP) is 4.26. The Morgan fingerprint density at radius 3 is 2.89 bits per heavy atom. The zero-order valence-electron chi connectivity index (χ0n) is 12.2. The third kappa shape index (κ3) is 3.30. The van der Waals surface area contributed by atoms with Crippen molar-refractivity contribution < 1.29 is 9.84 Å². The van der Waals surface area contributed by atoms with Gasteiger partial charge in [-0.2, -0.15) is 0 Å². The van der Waals surface area contributed by atoms with Crippen molar-refractivity contribution in [2.24, 2.45) is 5.92 Å². The Morgan fingerprint density at radius 1 is 1.32 bits per heavy atom. The number of aryl methyl sites for hydroxylation is 1. The highest BCUT2D eigenvalue weighted by atomic mass is 16.5. The molecule has 0 saturated heterocycles. The highest BCUT2D eigenvalue weighted by Gasteiger charge is 2.24. The highest BCUT2D eigenvalue weighted by molar-refractivity contribution is 5.44. The SMILES string of the molecule is CCCCC(CC)C(O)c1cccc2c1OCCC2. The van der Waals surface area contributed by atoms with Crippen LogP contribution in [0.1, 0.15) is 63.2 Å². The maximum absolute atomic E-state index is 10.7. The van der Waals surface area contributed by atoms with Gasteiger partial charge in [-0.1, -0.05) is 51.3 Å². The van der Waals surface area contributed by atoms with E-state index in [1.807, 2.05) is 6.07 Å². The molecule has 19 heavy (non-hydrogen) atoms. The van der Waals surface area contributed by atoms with Crippen LogP contribution in [0.3, 0.4) is 0 Å². The zero-order chi connectivity index (χ0) is 13.7. The van der Waals surface area contributed by atoms with Crippen LogP contribution in [-0.4, -0.2) is 11.7 Å². The summed E-state index contributed by atoms with van der Waals surface area (Å²) in [6, 6.07) is 6.21. The Balaban J connectivity index is 2.20. The van der Waals surface area contributed by atoms with Crippen molar-refractivity contribution in [3.8, 4) is 5.75 Å². The topological polar surface area (TPSA) is 29.5 Å². The fourth-order valence-corrected chi connectivity index (χ4v) is 2.95. The molecular formula is C17H26O2. The van der Waals surface area contributed by atoms with Crippen molar-refractivity contribution in [3.63, 3.8) is 0 Å². The molecule has 1 aromatic carbocycles. The minimum Gasteiger partial charge on any atom is -0.493 e. The summed E-state index contributed by atoms with van der Waals surface area (Å²) in [7, 11) is 0. The molecule has 2 unspecified atom stereocenters. The minimum absolute atomic E-state index is 0.344. The summed E-state index contributed by atoms with van der Waals surface area (Å²) in [5.74, 6) is 1.30. The van der Waals surface area contributed by atoms with E-state index in [1.54, 1.807) is 0 Å². The first-order chi connectivity index (χ1) is 9.27. The molecule has 0 aliphatic carbocycles. The van der Waals surface area contributed by atoms with Crippen LogP contribution in [0.15, 0.2) is 18.2 Å². The van der Waals surface area contributed by atoms with Gasteiger partial charge in [0, 0.05) is 5.56 Å². The summed E-state index contributed by atoms with van der Waals surface area (Å²) in [6.07, 6.45) is 6.26. The average molecular weight is 262 g/mol. The predicted molar refractivity (Wildman–Crippen MR) is 78.5 cm³/mol. The van der Waals surface area contributed by atoms with Crippen LogP contribution >= 0.6 is 0 Å². The Labute approximate surface area is 116 Å². The monoisotopic (exact) mass is 262 g/mol. The summed E-state index contributed by atoms with van der Waals surface area (Å²) < 4.78 is 5.81. The molecule has 2 atom stereocenters. The van der Waals surface area contributed by atoms with Crippen molar-refractivity contribution in [1.82, 2.24) is 0 Å². The molecule has 1 aliphatic rings. The van der Waals surface area contributed by atoms with Gasteiger partial charge in [-0.05, 0) is 30.7 Å². The van der Waals surface area contributed by atoms with Gasteiger partial charge in [0.1, 0.15) is 5.75 Å². The lowest BCUT2D eigenvalue weighted by molar-refractivity contribution is 0.0944. The first-order valence-corrected chi connectivity index (χ1v) is 7.70. The van der Waals surface area contributed by atoms with Crippen LogP contribution in [0.25, 0.3) is 0 Å². The Bertz CT molecular complexity index is 400. The third-order valence-electron chi connectivity index (χ3n) is 4.18. The number of aliphatic hydroxyl groups excluding tert-OH is 1. The Morgan fingerprint density at radius 2 is 2.16 bits per heavy atom. The number of hydrogen-bond donors (Lipinski definition) is 1. The number of ether oxygens (including phenoxy) is 1. The lowest BCUT2D eigenvalue weighted by Crippen LogP contribution is -2.16. The van der Waals surface area contributed by atoms with Gasteiger partial charge in [0.2, 0.25) is 0 Å². The van der Waals surface area contributed by atoms with Crippen molar-refractivity contribution in [2.45, 2.75) is 58.5 Å². The average Bonchev–Trinajstić information content (AvgIpc) is 2.47. The number of aliphatic hydroxyl groups is 1. The van der Waals surface area contributed by atoms with Crippen molar-refractivity contribution >= 4 is 0 Å². The molecule has 2 rings (SSSR count). The molecule has 0 saturated carbocycles. The number of benzene rings is 1. The molecule has 106 valence electrons. The van der Waals surface area contributed by atoms with E-state index in [0.717, 1.165) is 43.6 Å². The van der Waals surface area contributed by atoms with Crippen molar-refractivity contribution in [2.75, 3.05) is 6.61 Å². The van der Waals surface area contributed by atoms with Gasteiger partial charge in [-0.15, -0.1) is 0 Å². The maximum atomic E-state index is 10.7. The van der Waals surface area contributed by atoms with E-state index in [2.05, 4.69) is 26.0 Å². The van der Waals surface area contributed by atoms with Gasteiger partial charge in [0.15, 0.2) is 0 Å². The lowest BCUT2D eigenvalue weighted by atomic mass is 9.87. The molecule has 2 heteroatoms. The van der Waals surface area contributed by atoms with Gasteiger partial charge in [0.25, 0.3) is 0 Å². The normalized spacial score (nSPS) is 17.4. The van der Waals surface area contributed by atoms with Crippen LogP contribution in [0, 0.1) is 5.92 Å². The molecule has 1 aliphatic heterocycles. The standard InChI is InChI=1S/C17H26O2/c1-3-5-8-13(4-2)16(18)15-11-6-9-14-10-7-12-19-17(14)15/h6,9,11,13,16,18H,3-5,7-8,10,12H2,1-2H3. The van der Waals surface area contributed by atoms with E-state index in [-0.39, 0.29) is 6.10 Å². The van der Waals surface area contributed by atoms with Crippen LogP contribution in [0.5, 0.6) is 5.75 Å². The molecule has 1 aromatic rings. The molecule has 0 bridgehead atoms. The number of fused-ring (bicyclic) bond motifs is 1. The summed E-state index contributed by atoms with van der Waals surface area (Å²) in [5.41, 5.74) is 2.26. The lowest BCUT2D eigenvalue weighted by Gasteiger charge is -2.27. The third-order valence-corrected chi connectivity index (χ3v) is 4.18. The quantitative estimate of drug-likeness (QED) is 0.830. The van der Waals surface area contributed by atoms with Crippen LogP contribution in [0.2, 0.25) is 0 Å². The second-order valence-electron chi connectivity index (χ2n) is 5.54. The minimum atomic E-state index is -0.385. The largest absolute Gasteiger partial charge is 0.493 e. The summed E-state index contributed by atoms with van der Waals surface area (Å²) >= 11 is 0. The van der Waals surface area contributed by atoms with E-state index >= 15 is 0 Å². The van der Waals surface area contributed by atoms with Crippen LogP contribution in [0.4, 0.5) is 0 Å². The summed E-state index contributed by atoms with van der Waals surface area (Å²) in [5, 5.41) is 10.7. The molecular weight excluding hydrogens is 236 g/mol. The first kappa shape index (κ1) is 14.4. The van der Waals surface area contributed by atoms with Crippen molar-refractivity contribution in [3.05, 3.63) is 29.3 Å². The van der Waals surface area contributed by atoms with E-state index < -0.39 is 0 Å². The van der Waals surface area contributed by atoms with E-state index in [1.165, 1.54) is 18.4 Å². The number of hydrogen-bond acceptors (Lipinski definition) is 2. The molecule has 1 N–H and O–H groups in total. The second-order valence-corrected chi connectivity index (χ2v) is 5.54. The zero-order valence-corrected chi connectivity index (χ0v) is 12.2. The van der Waals surface area contributed by atoms with Gasteiger partial charge in [-0.25, -0.2) is 0 Å². The van der Waals surface area contributed by atoms with Crippen LogP contribution < -0.4 is 4.74 Å². The molecule has 0 fully saturated rings. The summed E-state index contributed by atoms with van der Waals surface area (Å²) in [6.45, 7) is 5.15. The van der Waals surface area contributed by atoms with E-state index in [9.17, 15) is 5.11 Å². The number of unbranched alkanes of at least 4 members (excludes halogenated alkanes) is 1. The molecule has 0 aromatic heterocycles. The summed E-state index contributed by atoms with van der Waals surface area (Å²) in [4.78, 5) is 0. The molecule has 2 nitrogen and oxygen atoms in total. The Kier molecular flexibility index (Phi) is 5.26. The fraction of sp³-hybridized carbons (Fsp3) is 0.647. The number of para-hydroxylation sites is 1. The molecule has 0 spiro atoms. The molecule has 0 amide bonds. The van der Waals surface area contributed by atoms with Gasteiger partial charge in [0.05, 0.1) is 12.7 Å². The maximum Gasteiger partial charge on any atom is 0.128 e. The first-order valence-electron chi connectivity index (χ1n) is 7.70. The number of rotatable bonds is 6. The van der Waals surface area contributed by atoms with Crippen LogP contribution in [-0.2, 0) is 6.42 Å². The van der Waals surface area contributed by atoms with Crippen molar-refractivity contribution in [1.29, 1.82) is 0 Å². The fourth-order valence-electron chi connectivity index (χ4n) is 2.95. The molecule has 0 radical (unpaired) electrons. The van der Waals surface area contributed by atoms with Gasteiger partial charge >= 0.3 is 0 Å². The molecule has 1 heterocycles. The van der Waals surface area contributed by atoms with Gasteiger partial charge in [-0.3, -0.25) is 0 Å². The van der Waals surface area contributed by atoms with Gasteiger partial charge < -0.3 is 9.84 Å². The van der Waals surface area contributed by atoms with E-state index in [4.69, 9.17) is 4.74 Å².